The SMILES string of the molecule is Cn1cnc(CN2CCC(Nc3cc(C(F)(F)F)ncn3)CC2)cc1=O. The van der Waals surface area contributed by atoms with E-state index in [-0.39, 0.29) is 17.4 Å². The highest BCUT2D eigenvalue weighted by Gasteiger charge is 2.33. The minimum absolute atomic E-state index is 0.0406. The fourth-order valence-corrected chi connectivity index (χ4v) is 2.85. The molecular formula is C16H19F3N6O. The monoisotopic (exact) mass is 368 g/mol. The van der Waals surface area contributed by atoms with Crippen LogP contribution in [0, 0.1) is 0 Å². The van der Waals surface area contributed by atoms with E-state index in [2.05, 4.69) is 25.2 Å². The Hall–Kier alpha value is -2.49. The number of alkyl halides is 3. The van der Waals surface area contributed by atoms with Crippen LogP contribution in [0.5, 0.6) is 0 Å². The predicted octanol–water partition coefficient (Wildman–Crippen LogP) is 1.67. The number of halogens is 3. The third kappa shape index (κ3) is 4.57. The molecule has 1 aliphatic heterocycles. The average molecular weight is 368 g/mol. The Morgan fingerprint density at radius 2 is 1.92 bits per heavy atom. The van der Waals surface area contributed by atoms with Crippen LogP contribution in [-0.2, 0) is 19.8 Å². The van der Waals surface area contributed by atoms with Crippen LogP contribution in [0.4, 0.5) is 19.0 Å². The van der Waals surface area contributed by atoms with Crippen LogP contribution in [0.2, 0.25) is 0 Å². The zero-order chi connectivity index (χ0) is 18.7. The van der Waals surface area contributed by atoms with Gasteiger partial charge >= 0.3 is 6.18 Å². The van der Waals surface area contributed by atoms with Gasteiger partial charge in [-0.1, -0.05) is 0 Å². The van der Waals surface area contributed by atoms with Crippen molar-refractivity contribution in [2.45, 2.75) is 31.6 Å². The molecule has 3 heterocycles. The number of nitrogens with zero attached hydrogens (tertiary/aromatic N) is 5. The maximum absolute atomic E-state index is 12.7. The summed E-state index contributed by atoms with van der Waals surface area (Å²) in [4.78, 5) is 25.2. The predicted molar refractivity (Wildman–Crippen MR) is 88.4 cm³/mol. The second kappa shape index (κ2) is 7.40. The Morgan fingerprint density at radius 3 is 2.58 bits per heavy atom. The average Bonchev–Trinajstić information content (AvgIpc) is 2.59. The van der Waals surface area contributed by atoms with Gasteiger partial charge in [-0.15, -0.1) is 0 Å². The lowest BCUT2D eigenvalue weighted by molar-refractivity contribution is -0.141. The third-order valence-electron chi connectivity index (χ3n) is 4.32. The summed E-state index contributed by atoms with van der Waals surface area (Å²) in [6.07, 6.45) is -0.546. The Labute approximate surface area is 147 Å². The molecule has 1 N–H and O–H groups in total. The number of anilines is 1. The van der Waals surface area contributed by atoms with Gasteiger partial charge in [0.1, 0.15) is 17.8 Å². The highest BCUT2D eigenvalue weighted by Crippen LogP contribution is 2.28. The van der Waals surface area contributed by atoms with E-state index in [1.165, 1.54) is 17.0 Å². The van der Waals surface area contributed by atoms with Crippen LogP contribution in [0.3, 0.4) is 0 Å². The number of aromatic nitrogens is 4. The molecule has 0 spiro atoms. The van der Waals surface area contributed by atoms with E-state index >= 15 is 0 Å². The minimum Gasteiger partial charge on any atom is -0.367 e. The second-order valence-electron chi connectivity index (χ2n) is 6.31. The van der Waals surface area contributed by atoms with E-state index in [0.717, 1.165) is 38.3 Å². The van der Waals surface area contributed by atoms with Gasteiger partial charge in [0.05, 0.1) is 12.0 Å². The molecule has 1 saturated heterocycles. The molecule has 2 aromatic rings. The first-order valence-electron chi connectivity index (χ1n) is 8.21. The highest BCUT2D eigenvalue weighted by atomic mass is 19.4. The number of likely N-dealkylation sites (tertiary alicyclic amines) is 1. The van der Waals surface area contributed by atoms with Gasteiger partial charge in [0.25, 0.3) is 5.56 Å². The molecule has 0 bridgehead atoms. The van der Waals surface area contributed by atoms with Crippen molar-refractivity contribution in [2.75, 3.05) is 18.4 Å². The lowest BCUT2D eigenvalue weighted by Gasteiger charge is -2.32. The van der Waals surface area contributed by atoms with Crippen molar-refractivity contribution in [1.29, 1.82) is 0 Å². The van der Waals surface area contributed by atoms with Crippen LogP contribution in [0.1, 0.15) is 24.2 Å². The molecule has 140 valence electrons. The van der Waals surface area contributed by atoms with E-state index in [4.69, 9.17) is 0 Å². The number of nitrogens with one attached hydrogen (secondary N) is 1. The minimum atomic E-state index is -4.48. The Morgan fingerprint density at radius 1 is 1.19 bits per heavy atom. The molecule has 26 heavy (non-hydrogen) atoms. The first kappa shape index (κ1) is 18.3. The molecule has 2 aromatic heterocycles. The van der Waals surface area contributed by atoms with E-state index < -0.39 is 11.9 Å². The molecule has 0 amide bonds. The topological polar surface area (TPSA) is 75.9 Å². The Kier molecular flexibility index (Phi) is 5.21. The fraction of sp³-hybridized carbons (Fsp3) is 0.500. The summed E-state index contributed by atoms with van der Waals surface area (Å²) in [6, 6.07) is 2.48. The van der Waals surface area contributed by atoms with Crippen molar-refractivity contribution >= 4 is 5.82 Å². The molecule has 0 atom stereocenters. The summed E-state index contributed by atoms with van der Waals surface area (Å²) >= 11 is 0. The number of aryl methyl sites for hydroxylation is 1. The molecule has 10 heteroatoms. The van der Waals surface area contributed by atoms with Gasteiger partial charge in [-0.3, -0.25) is 9.69 Å². The van der Waals surface area contributed by atoms with Gasteiger partial charge in [-0.2, -0.15) is 13.2 Å². The summed E-state index contributed by atoms with van der Waals surface area (Å²) < 4.78 is 39.5. The normalized spacial score (nSPS) is 16.6. The molecule has 0 saturated carbocycles. The molecule has 1 aliphatic rings. The summed E-state index contributed by atoms with van der Waals surface area (Å²) in [6.45, 7) is 2.09. The van der Waals surface area contributed by atoms with Crippen LogP contribution in [-0.4, -0.2) is 43.6 Å². The fourth-order valence-electron chi connectivity index (χ4n) is 2.85. The van der Waals surface area contributed by atoms with Crippen LogP contribution >= 0.6 is 0 Å². The van der Waals surface area contributed by atoms with Crippen LogP contribution in [0.25, 0.3) is 0 Å². The first-order chi connectivity index (χ1) is 12.3. The van der Waals surface area contributed by atoms with Crippen LogP contribution < -0.4 is 10.9 Å². The van der Waals surface area contributed by atoms with Crippen molar-refractivity contribution in [3.05, 3.63) is 46.5 Å². The maximum Gasteiger partial charge on any atom is 0.433 e. The molecule has 1 fully saturated rings. The standard InChI is InChI=1S/C16H19F3N6O/c1-24-10-22-12(6-15(24)26)8-25-4-2-11(3-5-25)23-14-7-13(16(17,18)19)20-9-21-14/h6-7,9-11H,2-5,8H2,1H3,(H,20,21,23). The van der Waals surface area contributed by atoms with Crippen molar-refractivity contribution in [3.8, 4) is 0 Å². The number of hydrogen-bond acceptors (Lipinski definition) is 6. The maximum atomic E-state index is 12.7. The zero-order valence-corrected chi connectivity index (χ0v) is 14.2. The molecule has 0 radical (unpaired) electrons. The van der Waals surface area contributed by atoms with E-state index in [1.807, 2.05) is 0 Å². The van der Waals surface area contributed by atoms with E-state index in [1.54, 1.807) is 7.05 Å². The second-order valence-corrected chi connectivity index (χ2v) is 6.31. The summed E-state index contributed by atoms with van der Waals surface area (Å²) in [5.74, 6) is 0.180. The Balaban J connectivity index is 1.54. The Bertz CT molecular complexity index is 814. The lowest BCUT2D eigenvalue weighted by Crippen LogP contribution is -2.39. The van der Waals surface area contributed by atoms with Gasteiger partial charge in [0, 0.05) is 44.9 Å². The molecule has 0 aliphatic carbocycles. The number of piperidine rings is 1. The third-order valence-corrected chi connectivity index (χ3v) is 4.32. The smallest absolute Gasteiger partial charge is 0.367 e. The number of rotatable bonds is 4. The lowest BCUT2D eigenvalue weighted by atomic mass is 10.0. The van der Waals surface area contributed by atoms with Crippen molar-refractivity contribution in [1.82, 2.24) is 24.4 Å². The summed E-state index contributed by atoms with van der Waals surface area (Å²) in [5, 5.41) is 3.05. The van der Waals surface area contributed by atoms with E-state index in [9.17, 15) is 18.0 Å². The zero-order valence-electron chi connectivity index (χ0n) is 14.2. The summed E-state index contributed by atoms with van der Waals surface area (Å²) in [7, 11) is 1.65. The molecule has 7 nitrogen and oxygen atoms in total. The van der Waals surface area contributed by atoms with Gasteiger partial charge in [-0.25, -0.2) is 15.0 Å². The van der Waals surface area contributed by atoms with Gasteiger partial charge in [0.15, 0.2) is 0 Å². The van der Waals surface area contributed by atoms with E-state index in [0.29, 0.717) is 12.2 Å². The largest absolute Gasteiger partial charge is 0.433 e. The van der Waals surface area contributed by atoms with Crippen molar-refractivity contribution in [2.24, 2.45) is 7.05 Å². The van der Waals surface area contributed by atoms with Gasteiger partial charge < -0.3 is 9.88 Å². The first-order valence-corrected chi connectivity index (χ1v) is 8.21. The molecular weight excluding hydrogens is 349 g/mol. The quantitative estimate of drug-likeness (QED) is 0.885. The number of hydrogen-bond donors (Lipinski definition) is 1. The van der Waals surface area contributed by atoms with Crippen molar-refractivity contribution < 1.29 is 13.2 Å². The van der Waals surface area contributed by atoms with Crippen molar-refractivity contribution in [3.63, 3.8) is 0 Å². The molecule has 0 unspecified atom stereocenters. The van der Waals surface area contributed by atoms with Gasteiger partial charge in [0.2, 0.25) is 0 Å². The van der Waals surface area contributed by atoms with Gasteiger partial charge in [-0.05, 0) is 12.8 Å². The molecule has 0 aromatic carbocycles. The molecule has 3 rings (SSSR count). The highest BCUT2D eigenvalue weighted by molar-refractivity contribution is 5.36. The van der Waals surface area contributed by atoms with Crippen LogP contribution in [0.15, 0.2) is 29.6 Å². The summed E-state index contributed by atoms with van der Waals surface area (Å²) in [5.41, 5.74) is -0.343.